The molecular formula is C9H11N3O. The maximum absolute atomic E-state index is 11.5. The van der Waals surface area contributed by atoms with Crippen molar-refractivity contribution >= 4 is 5.91 Å². The molecule has 1 amide bonds. The van der Waals surface area contributed by atoms with E-state index in [-0.39, 0.29) is 5.91 Å². The van der Waals surface area contributed by atoms with E-state index in [1.165, 1.54) is 4.90 Å². The van der Waals surface area contributed by atoms with Crippen molar-refractivity contribution in [3.63, 3.8) is 0 Å². The Morgan fingerprint density at radius 1 is 1.62 bits per heavy atom. The van der Waals surface area contributed by atoms with Gasteiger partial charge in [0.1, 0.15) is 5.69 Å². The second kappa shape index (κ2) is 3.76. The highest BCUT2D eigenvalue weighted by Crippen LogP contribution is 2.04. The van der Waals surface area contributed by atoms with Gasteiger partial charge in [-0.15, -0.1) is 0 Å². The summed E-state index contributed by atoms with van der Waals surface area (Å²) in [7, 11) is 3.39. The van der Waals surface area contributed by atoms with E-state index in [1.807, 2.05) is 0 Å². The molecule has 1 aromatic heterocycles. The predicted molar refractivity (Wildman–Crippen MR) is 49.2 cm³/mol. The van der Waals surface area contributed by atoms with Crippen molar-refractivity contribution in [3.8, 4) is 11.8 Å². The molecule has 1 heterocycles. The van der Waals surface area contributed by atoms with Gasteiger partial charge in [-0.3, -0.25) is 9.89 Å². The SMILES string of the molecule is CC#Cc1n[nH]cc1C(=O)N(C)C. The van der Waals surface area contributed by atoms with Gasteiger partial charge in [0, 0.05) is 20.3 Å². The van der Waals surface area contributed by atoms with Crippen LogP contribution in [-0.4, -0.2) is 35.1 Å². The normalized spacial score (nSPS) is 8.85. The Kier molecular flexibility index (Phi) is 2.70. The number of carbonyl (C=O) groups is 1. The molecule has 0 atom stereocenters. The van der Waals surface area contributed by atoms with Crippen LogP contribution < -0.4 is 0 Å². The van der Waals surface area contributed by atoms with Gasteiger partial charge < -0.3 is 4.90 Å². The number of nitrogens with one attached hydrogen (secondary N) is 1. The van der Waals surface area contributed by atoms with Crippen LogP contribution in [0, 0.1) is 11.8 Å². The van der Waals surface area contributed by atoms with Gasteiger partial charge in [0.15, 0.2) is 0 Å². The number of aromatic nitrogens is 2. The third kappa shape index (κ3) is 1.88. The molecule has 0 radical (unpaired) electrons. The lowest BCUT2D eigenvalue weighted by atomic mass is 10.2. The second-order valence-corrected chi connectivity index (χ2v) is 2.72. The van der Waals surface area contributed by atoms with Gasteiger partial charge in [-0.1, -0.05) is 5.92 Å². The third-order valence-electron chi connectivity index (χ3n) is 1.52. The molecule has 4 heteroatoms. The van der Waals surface area contributed by atoms with Crippen LogP contribution in [0.5, 0.6) is 0 Å². The standard InChI is InChI=1S/C9H11N3O/c1-4-5-8-7(6-10-11-8)9(13)12(2)3/h6H,1-3H3,(H,10,11). The summed E-state index contributed by atoms with van der Waals surface area (Å²) in [6, 6.07) is 0. The minimum absolute atomic E-state index is 0.0912. The summed E-state index contributed by atoms with van der Waals surface area (Å²) in [6.07, 6.45) is 1.56. The van der Waals surface area contributed by atoms with Crippen molar-refractivity contribution in [3.05, 3.63) is 17.5 Å². The van der Waals surface area contributed by atoms with E-state index in [9.17, 15) is 4.79 Å². The molecular weight excluding hydrogens is 166 g/mol. The minimum Gasteiger partial charge on any atom is -0.345 e. The first-order valence-electron chi connectivity index (χ1n) is 3.85. The van der Waals surface area contributed by atoms with Crippen molar-refractivity contribution in [1.82, 2.24) is 15.1 Å². The lowest BCUT2D eigenvalue weighted by molar-refractivity contribution is 0.0827. The molecule has 0 bridgehead atoms. The molecule has 0 unspecified atom stereocenters. The van der Waals surface area contributed by atoms with Crippen molar-refractivity contribution in [2.45, 2.75) is 6.92 Å². The van der Waals surface area contributed by atoms with Crippen LogP contribution in [0.1, 0.15) is 23.0 Å². The molecule has 0 saturated carbocycles. The van der Waals surface area contributed by atoms with Crippen LogP contribution in [0.4, 0.5) is 0 Å². The molecule has 0 aliphatic carbocycles. The fourth-order valence-electron chi connectivity index (χ4n) is 0.908. The Morgan fingerprint density at radius 3 is 2.85 bits per heavy atom. The number of amides is 1. The quantitative estimate of drug-likeness (QED) is 0.634. The zero-order chi connectivity index (χ0) is 9.84. The summed E-state index contributed by atoms with van der Waals surface area (Å²) in [5.74, 6) is 5.36. The molecule has 0 fully saturated rings. The molecule has 0 spiro atoms. The number of aromatic amines is 1. The summed E-state index contributed by atoms with van der Waals surface area (Å²) >= 11 is 0. The molecule has 0 aliphatic rings. The van der Waals surface area contributed by atoms with Gasteiger partial charge in [0.05, 0.1) is 5.56 Å². The number of H-pyrrole nitrogens is 1. The molecule has 0 aromatic carbocycles. The smallest absolute Gasteiger partial charge is 0.257 e. The van der Waals surface area contributed by atoms with Gasteiger partial charge in [-0.2, -0.15) is 5.10 Å². The van der Waals surface area contributed by atoms with Crippen LogP contribution in [0.15, 0.2) is 6.20 Å². The van der Waals surface area contributed by atoms with E-state index >= 15 is 0 Å². The Morgan fingerprint density at radius 2 is 2.31 bits per heavy atom. The van der Waals surface area contributed by atoms with Crippen molar-refractivity contribution in [2.24, 2.45) is 0 Å². The first kappa shape index (κ1) is 9.33. The lowest BCUT2D eigenvalue weighted by Crippen LogP contribution is -2.21. The Balaban J connectivity index is 3.05. The average Bonchev–Trinajstić information content (AvgIpc) is 2.52. The lowest BCUT2D eigenvalue weighted by Gasteiger charge is -2.07. The van der Waals surface area contributed by atoms with Gasteiger partial charge >= 0.3 is 0 Å². The minimum atomic E-state index is -0.0912. The fraction of sp³-hybridized carbons (Fsp3) is 0.333. The summed E-state index contributed by atoms with van der Waals surface area (Å²) in [5, 5.41) is 6.48. The number of nitrogens with zero attached hydrogens (tertiary/aromatic N) is 2. The van der Waals surface area contributed by atoms with E-state index in [4.69, 9.17) is 0 Å². The average molecular weight is 177 g/mol. The van der Waals surface area contributed by atoms with Crippen molar-refractivity contribution in [2.75, 3.05) is 14.1 Å². The Hall–Kier alpha value is -1.76. The number of carbonyl (C=O) groups excluding carboxylic acids is 1. The second-order valence-electron chi connectivity index (χ2n) is 2.72. The maximum Gasteiger partial charge on any atom is 0.257 e. The summed E-state index contributed by atoms with van der Waals surface area (Å²) < 4.78 is 0. The van der Waals surface area contributed by atoms with Gasteiger partial charge in [0.2, 0.25) is 0 Å². The van der Waals surface area contributed by atoms with Crippen LogP contribution in [-0.2, 0) is 0 Å². The molecule has 0 saturated heterocycles. The summed E-state index contributed by atoms with van der Waals surface area (Å²) in [4.78, 5) is 13.0. The molecule has 13 heavy (non-hydrogen) atoms. The van der Waals surface area contributed by atoms with Crippen LogP contribution in [0.3, 0.4) is 0 Å². The van der Waals surface area contributed by atoms with Gasteiger partial charge in [0.25, 0.3) is 5.91 Å². The molecule has 1 aromatic rings. The van der Waals surface area contributed by atoms with E-state index in [2.05, 4.69) is 22.0 Å². The van der Waals surface area contributed by atoms with Crippen molar-refractivity contribution in [1.29, 1.82) is 0 Å². The van der Waals surface area contributed by atoms with E-state index in [1.54, 1.807) is 27.2 Å². The first-order chi connectivity index (χ1) is 6.16. The Labute approximate surface area is 76.9 Å². The molecule has 68 valence electrons. The van der Waals surface area contributed by atoms with Crippen molar-refractivity contribution < 1.29 is 4.79 Å². The molecule has 4 nitrogen and oxygen atoms in total. The van der Waals surface area contributed by atoms with E-state index in [0.29, 0.717) is 11.3 Å². The highest BCUT2D eigenvalue weighted by Gasteiger charge is 2.13. The largest absolute Gasteiger partial charge is 0.345 e. The molecule has 1 N–H and O–H groups in total. The number of rotatable bonds is 1. The molecule has 1 rings (SSSR count). The maximum atomic E-state index is 11.5. The highest BCUT2D eigenvalue weighted by molar-refractivity contribution is 5.95. The number of hydrogen-bond donors (Lipinski definition) is 1. The number of hydrogen-bond acceptors (Lipinski definition) is 2. The molecule has 0 aliphatic heterocycles. The van der Waals surface area contributed by atoms with Crippen LogP contribution in [0.2, 0.25) is 0 Å². The predicted octanol–water partition coefficient (Wildman–Crippen LogP) is 0.483. The summed E-state index contributed by atoms with van der Waals surface area (Å²) in [6.45, 7) is 1.71. The third-order valence-corrected chi connectivity index (χ3v) is 1.52. The topological polar surface area (TPSA) is 49.0 Å². The van der Waals surface area contributed by atoms with Gasteiger partial charge in [-0.05, 0) is 12.8 Å². The van der Waals surface area contributed by atoms with E-state index in [0.717, 1.165) is 0 Å². The monoisotopic (exact) mass is 177 g/mol. The van der Waals surface area contributed by atoms with Crippen LogP contribution >= 0.6 is 0 Å². The van der Waals surface area contributed by atoms with Gasteiger partial charge in [-0.25, -0.2) is 0 Å². The zero-order valence-corrected chi connectivity index (χ0v) is 7.88. The summed E-state index contributed by atoms with van der Waals surface area (Å²) in [5.41, 5.74) is 1.01. The fourth-order valence-corrected chi connectivity index (χ4v) is 0.908. The Bertz CT molecular complexity index is 368. The van der Waals surface area contributed by atoms with E-state index < -0.39 is 0 Å². The first-order valence-corrected chi connectivity index (χ1v) is 3.85. The highest BCUT2D eigenvalue weighted by atomic mass is 16.2. The zero-order valence-electron chi connectivity index (χ0n) is 7.88. The van der Waals surface area contributed by atoms with Crippen LogP contribution in [0.25, 0.3) is 0 Å².